The fourth-order valence-electron chi connectivity index (χ4n) is 2.59. The van der Waals surface area contributed by atoms with Crippen LogP contribution in [0.15, 0.2) is 12.1 Å². The Labute approximate surface area is 102 Å². The molecule has 3 heteroatoms. The number of rotatable bonds is 0. The Hall–Kier alpha value is -1.22. The maximum absolute atomic E-state index is 6.15. The van der Waals surface area contributed by atoms with Gasteiger partial charge in [0.15, 0.2) is 11.5 Å². The van der Waals surface area contributed by atoms with Crippen LogP contribution in [0.25, 0.3) is 0 Å². The van der Waals surface area contributed by atoms with Gasteiger partial charge in [0, 0.05) is 12.0 Å². The predicted molar refractivity (Wildman–Crippen MR) is 66.5 cm³/mol. The lowest BCUT2D eigenvalue weighted by Crippen LogP contribution is -2.17. The second-order valence-corrected chi connectivity index (χ2v) is 5.22. The Balaban J connectivity index is 2.00. The van der Waals surface area contributed by atoms with Crippen molar-refractivity contribution in [3.63, 3.8) is 0 Å². The molecule has 3 rings (SSSR count). The molecule has 92 valence electrons. The van der Waals surface area contributed by atoms with Crippen molar-refractivity contribution in [2.75, 3.05) is 13.2 Å². The predicted octanol–water partition coefficient (Wildman–Crippen LogP) is 2.43. The summed E-state index contributed by atoms with van der Waals surface area (Å²) in [6, 6.07) is 4.38. The third-order valence-corrected chi connectivity index (χ3v) is 3.61. The number of ether oxygens (including phenoxy) is 2. The minimum Gasteiger partial charge on any atom is -0.489 e. The molecular weight excluding hydrogens is 214 g/mol. The zero-order chi connectivity index (χ0) is 11.8. The highest BCUT2D eigenvalue weighted by Crippen LogP contribution is 2.38. The number of benzene rings is 1. The van der Waals surface area contributed by atoms with Crippen molar-refractivity contribution in [1.29, 1.82) is 0 Å². The van der Waals surface area contributed by atoms with Gasteiger partial charge >= 0.3 is 0 Å². The van der Waals surface area contributed by atoms with Crippen LogP contribution in [0.3, 0.4) is 0 Å². The standard InChI is InChI=1S/C14H19NO2/c1-9-7-16-13-5-10-3-2-4-12(15)11(10)6-14(13)17-8-9/h5-6,9,12H,2-4,7-8,15H2,1H3/t9?,12-/m0/s1. The molecule has 0 bridgehead atoms. The molecule has 1 aromatic rings. The SMILES string of the molecule is CC1COc2cc3c(cc2OC1)[C@@H](N)CCC3. The lowest BCUT2D eigenvalue weighted by Gasteiger charge is -2.23. The molecule has 2 atom stereocenters. The minimum absolute atomic E-state index is 0.160. The van der Waals surface area contributed by atoms with Crippen LogP contribution < -0.4 is 15.2 Å². The third-order valence-electron chi connectivity index (χ3n) is 3.61. The molecule has 2 aliphatic rings. The van der Waals surface area contributed by atoms with Gasteiger partial charge in [0.25, 0.3) is 0 Å². The van der Waals surface area contributed by atoms with Crippen LogP contribution in [0.2, 0.25) is 0 Å². The molecule has 1 heterocycles. The van der Waals surface area contributed by atoms with Crippen molar-refractivity contribution >= 4 is 0 Å². The Morgan fingerprint density at radius 1 is 1.18 bits per heavy atom. The monoisotopic (exact) mass is 233 g/mol. The molecule has 0 saturated heterocycles. The van der Waals surface area contributed by atoms with Crippen LogP contribution in [-0.2, 0) is 6.42 Å². The van der Waals surface area contributed by atoms with Crippen molar-refractivity contribution in [2.45, 2.75) is 32.2 Å². The normalized spacial score (nSPS) is 27.2. The molecule has 0 saturated carbocycles. The first-order valence-electron chi connectivity index (χ1n) is 6.42. The Morgan fingerprint density at radius 3 is 2.65 bits per heavy atom. The molecular formula is C14H19NO2. The lowest BCUT2D eigenvalue weighted by atomic mass is 9.88. The topological polar surface area (TPSA) is 44.5 Å². The second-order valence-electron chi connectivity index (χ2n) is 5.22. The van der Waals surface area contributed by atoms with Crippen LogP contribution >= 0.6 is 0 Å². The largest absolute Gasteiger partial charge is 0.489 e. The van der Waals surface area contributed by atoms with E-state index >= 15 is 0 Å². The molecule has 0 aromatic heterocycles. The van der Waals surface area contributed by atoms with Crippen molar-refractivity contribution in [3.05, 3.63) is 23.3 Å². The van der Waals surface area contributed by atoms with Gasteiger partial charge in [-0.1, -0.05) is 6.92 Å². The molecule has 17 heavy (non-hydrogen) atoms. The van der Waals surface area contributed by atoms with E-state index in [4.69, 9.17) is 15.2 Å². The van der Waals surface area contributed by atoms with Gasteiger partial charge in [-0.15, -0.1) is 0 Å². The molecule has 0 amide bonds. The van der Waals surface area contributed by atoms with Crippen molar-refractivity contribution in [3.8, 4) is 11.5 Å². The highest BCUT2D eigenvalue weighted by Gasteiger charge is 2.22. The van der Waals surface area contributed by atoms with Gasteiger partial charge in [-0.3, -0.25) is 0 Å². The summed E-state index contributed by atoms with van der Waals surface area (Å²) in [5.41, 5.74) is 8.73. The molecule has 2 N–H and O–H groups in total. The summed E-state index contributed by atoms with van der Waals surface area (Å²) in [5.74, 6) is 2.20. The Kier molecular flexibility index (Phi) is 2.71. The van der Waals surface area contributed by atoms with E-state index in [-0.39, 0.29) is 6.04 Å². The van der Waals surface area contributed by atoms with Crippen LogP contribution in [0.1, 0.15) is 36.9 Å². The summed E-state index contributed by atoms with van der Waals surface area (Å²) in [5, 5.41) is 0. The van der Waals surface area contributed by atoms with Gasteiger partial charge in [0.2, 0.25) is 0 Å². The van der Waals surface area contributed by atoms with Crippen molar-refractivity contribution < 1.29 is 9.47 Å². The molecule has 3 nitrogen and oxygen atoms in total. The number of fused-ring (bicyclic) bond motifs is 2. The van der Waals surface area contributed by atoms with E-state index < -0.39 is 0 Å². The first kappa shape index (κ1) is 10.9. The molecule has 1 unspecified atom stereocenters. The summed E-state index contributed by atoms with van der Waals surface area (Å²) < 4.78 is 11.6. The number of hydrogen-bond donors (Lipinski definition) is 1. The van der Waals surface area contributed by atoms with E-state index in [1.165, 1.54) is 17.5 Å². The highest BCUT2D eigenvalue weighted by atomic mass is 16.5. The lowest BCUT2D eigenvalue weighted by molar-refractivity contribution is 0.228. The van der Waals surface area contributed by atoms with Crippen LogP contribution in [0, 0.1) is 5.92 Å². The van der Waals surface area contributed by atoms with E-state index in [0.717, 1.165) is 37.6 Å². The van der Waals surface area contributed by atoms with E-state index in [2.05, 4.69) is 19.1 Å². The third kappa shape index (κ3) is 2.00. The fourth-order valence-corrected chi connectivity index (χ4v) is 2.59. The van der Waals surface area contributed by atoms with Gasteiger partial charge < -0.3 is 15.2 Å². The summed E-state index contributed by atoms with van der Waals surface area (Å²) in [6.07, 6.45) is 3.35. The summed E-state index contributed by atoms with van der Waals surface area (Å²) in [6.45, 7) is 3.59. The molecule has 1 aliphatic heterocycles. The van der Waals surface area contributed by atoms with E-state index in [1.54, 1.807) is 0 Å². The molecule has 1 aliphatic carbocycles. The van der Waals surface area contributed by atoms with Gasteiger partial charge in [-0.05, 0) is 42.5 Å². The quantitative estimate of drug-likeness (QED) is 0.748. The molecule has 0 spiro atoms. The van der Waals surface area contributed by atoms with Gasteiger partial charge in [0.1, 0.15) is 0 Å². The zero-order valence-electron chi connectivity index (χ0n) is 10.2. The molecule has 0 radical (unpaired) electrons. The number of hydrogen-bond acceptors (Lipinski definition) is 3. The molecule has 1 aromatic carbocycles. The van der Waals surface area contributed by atoms with E-state index in [0.29, 0.717) is 5.92 Å². The average molecular weight is 233 g/mol. The smallest absolute Gasteiger partial charge is 0.161 e. The van der Waals surface area contributed by atoms with E-state index in [1.807, 2.05) is 0 Å². The van der Waals surface area contributed by atoms with Gasteiger partial charge in [-0.2, -0.15) is 0 Å². The average Bonchev–Trinajstić information content (AvgIpc) is 2.51. The number of nitrogens with two attached hydrogens (primary N) is 1. The zero-order valence-corrected chi connectivity index (χ0v) is 10.2. The Bertz CT molecular complexity index is 430. The van der Waals surface area contributed by atoms with Crippen molar-refractivity contribution in [1.82, 2.24) is 0 Å². The van der Waals surface area contributed by atoms with Crippen molar-refractivity contribution in [2.24, 2.45) is 11.7 Å². The highest BCUT2D eigenvalue weighted by molar-refractivity contribution is 5.49. The first-order chi connectivity index (χ1) is 8.24. The Morgan fingerprint density at radius 2 is 1.88 bits per heavy atom. The van der Waals surface area contributed by atoms with Gasteiger partial charge in [-0.25, -0.2) is 0 Å². The van der Waals surface area contributed by atoms with Crippen LogP contribution in [0.5, 0.6) is 11.5 Å². The fraction of sp³-hybridized carbons (Fsp3) is 0.571. The van der Waals surface area contributed by atoms with Gasteiger partial charge in [0.05, 0.1) is 13.2 Å². The summed E-state index contributed by atoms with van der Waals surface area (Å²) >= 11 is 0. The van der Waals surface area contributed by atoms with E-state index in [9.17, 15) is 0 Å². The maximum atomic E-state index is 6.15. The maximum Gasteiger partial charge on any atom is 0.161 e. The molecule has 0 fully saturated rings. The second kappa shape index (κ2) is 4.22. The summed E-state index contributed by atoms with van der Waals surface area (Å²) in [7, 11) is 0. The van der Waals surface area contributed by atoms with Crippen LogP contribution in [0.4, 0.5) is 0 Å². The summed E-state index contributed by atoms with van der Waals surface area (Å²) in [4.78, 5) is 0. The van der Waals surface area contributed by atoms with Crippen LogP contribution in [-0.4, -0.2) is 13.2 Å². The minimum atomic E-state index is 0.160. The first-order valence-corrected chi connectivity index (χ1v) is 6.42. The number of aryl methyl sites for hydroxylation is 1.